The zero-order valence-electron chi connectivity index (χ0n) is 18.7. The number of methoxy groups -OCH3 is 1. The second kappa shape index (κ2) is 8.15. The van der Waals surface area contributed by atoms with Gasteiger partial charge in [-0.25, -0.2) is 4.98 Å². The standard InChI is InChI=1S/C27H27N3O2/c1-18-12-13-19(2)20(14-18)16-30-23-9-5-4-8-22(23)28-27(30)21-15-26(31)29(17-21)24-10-6-7-11-25(24)32-3/h4-14,21H,15-17H2,1-3H3/t21-/m1/s1. The number of carbonyl (C=O) groups excluding carboxylic acids is 1. The summed E-state index contributed by atoms with van der Waals surface area (Å²) in [5.74, 6) is 1.80. The molecule has 5 heteroatoms. The van der Waals surface area contributed by atoms with E-state index in [1.165, 1.54) is 16.7 Å². The number of para-hydroxylation sites is 4. The number of carbonyl (C=O) groups is 1. The minimum atomic E-state index is 0.0185. The average Bonchev–Trinajstić information content (AvgIpc) is 3.37. The SMILES string of the molecule is COc1ccccc1N1C[C@H](c2nc3ccccc3n2Cc2cc(C)ccc2C)CC1=O. The Kier molecular flexibility index (Phi) is 5.17. The van der Waals surface area contributed by atoms with Gasteiger partial charge in [0.1, 0.15) is 11.6 Å². The van der Waals surface area contributed by atoms with Crippen LogP contribution in [0, 0.1) is 13.8 Å². The first-order valence-electron chi connectivity index (χ1n) is 11.0. The molecule has 1 amide bonds. The number of hydrogen-bond donors (Lipinski definition) is 0. The third kappa shape index (κ3) is 3.54. The van der Waals surface area contributed by atoms with Crippen molar-refractivity contribution in [3.8, 4) is 5.75 Å². The van der Waals surface area contributed by atoms with E-state index in [1.807, 2.05) is 47.4 Å². The molecule has 5 nitrogen and oxygen atoms in total. The molecular formula is C27H27N3O2. The van der Waals surface area contributed by atoms with Gasteiger partial charge in [-0.05, 0) is 49.2 Å². The Labute approximate surface area is 188 Å². The smallest absolute Gasteiger partial charge is 0.227 e. The minimum Gasteiger partial charge on any atom is -0.495 e. The fraction of sp³-hybridized carbons (Fsp3) is 0.259. The molecule has 0 aliphatic carbocycles. The molecule has 1 saturated heterocycles. The van der Waals surface area contributed by atoms with Crippen molar-refractivity contribution in [2.75, 3.05) is 18.6 Å². The first-order chi connectivity index (χ1) is 15.5. The Bertz CT molecular complexity index is 1310. The predicted octanol–water partition coefficient (Wildman–Crippen LogP) is 5.23. The first-order valence-corrected chi connectivity index (χ1v) is 11.0. The molecule has 0 unspecified atom stereocenters. The molecule has 5 rings (SSSR count). The Morgan fingerprint density at radius 2 is 1.81 bits per heavy atom. The minimum absolute atomic E-state index is 0.0185. The van der Waals surface area contributed by atoms with Crippen LogP contribution in [0.1, 0.15) is 34.9 Å². The van der Waals surface area contributed by atoms with Gasteiger partial charge in [0.05, 0.1) is 23.8 Å². The summed E-state index contributed by atoms with van der Waals surface area (Å²) in [6.45, 7) is 5.60. The van der Waals surface area contributed by atoms with Crippen molar-refractivity contribution < 1.29 is 9.53 Å². The normalized spacial score (nSPS) is 16.2. The Morgan fingerprint density at radius 3 is 2.66 bits per heavy atom. The number of nitrogens with zero attached hydrogens (tertiary/aromatic N) is 3. The van der Waals surface area contributed by atoms with E-state index < -0.39 is 0 Å². The van der Waals surface area contributed by atoms with Crippen molar-refractivity contribution >= 4 is 22.6 Å². The van der Waals surface area contributed by atoms with Crippen LogP contribution in [0.3, 0.4) is 0 Å². The maximum Gasteiger partial charge on any atom is 0.227 e. The van der Waals surface area contributed by atoms with E-state index in [-0.39, 0.29) is 11.8 Å². The van der Waals surface area contributed by atoms with Crippen LogP contribution in [0.4, 0.5) is 5.69 Å². The van der Waals surface area contributed by atoms with Crippen LogP contribution in [-0.4, -0.2) is 29.1 Å². The summed E-state index contributed by atoms with van der Waals surface area (Å²) in [5.41, 5.74) is 6.68. The lowest BCUT2D eigenvalue weighted by Gasteiger charge is -2.20. The van der Waals surface area contributed by atoms with Gasteiger partial charge in [-0.3, -0.25) is 4.79 Å². The van der Waals surface area contributed by atoms with E-state index in [4.69, 9.17) is 9.72 Å². The molecule has 32 heavy (non-hydrogen) atoms. The summed E-state index contributed by atoms with van der Waals surface area (Å²) in [6.07, 6.45) is 0.439. The molecule has 0 bridgehead atoms. The quantitative estimate of drug-likeness (QED) is 0.440. The number of aryl methyl sites for hydroxylation is 2. The number of hydrogen-bond acceptors (Lipinski definition) is 3. The van der Waals surface area contributed by atoms with Crippen molar-refractivity contribution in [1.29, 1.82) is 0 Å². The number of fused-ring (bicyclic) bond motifs is 1. The summed E-state index contributed by atoms with van der Waals surface area (Å²) < 4.78 is 7.80. The summed E-state index contributed by atoms with van der Waals surface area (Å²) >= 11 is 0. The van der Waals surface area contributed by atoms with Crippen molar-refractivity contribution in [2.45, 2.75) is 32.7 Å². The topological polar surface area (TPSA) is 47.4 Å². The van der Waals surface area contributed by atoms with Gasteiger partial charge in [-0.1, -0.05) is 48.0 Å². The van der Waals surface area contributed by atoms with Crippen LogP contribution in [0.15, 0.2) is 66.7 Å². The molecule has 1 atom stereocenters. The van der Waals surface area contributed by atoms with Crippen LogP contribution in [-0.2, 0) is 11.3 Å². The van der Waals surface area contributed by atoms with E-state index in [9.17, 15) is 4.79 Å². The number of amides is 1. The highest BCUT2D eigenvalue weighted by Crippen LogP contribution is 2.37. The van der Waals surface area contributed by atoms with E-state index in [0.29, 0.717) is 18.7 Å². The first kappa shape index (κ1) is 20.3. The molecule has 162 valence electrons. The van der Waals surface area contributed by atoms with Gasteiger partial charge in [0, 0.05) is 25.4 Å². The Balaban J connectivity index is 1.55. The van der Waals surface area contributed by atoms with Gasteiger partial charge in [-0.2, -0.15) is 0 Å². The molecule has 1 fully saturated rings. The number of aromatic nitrogens is 2. The van der Waals surface area contributed by atoms with Crippen molar-refractivity contribution in [1.82, 2.24) is 9.55 Å². The molecule has 1 aliphatic heterocycles. The largest absolute Gasteiger partial charge is 0.495 e. The van der Waals surface area contributed by atoms with Crippen molar-refractivity contribution in [3.63, 3.8) is 0 Å². The van der Waals surface area contributed by atoms with Gasteiger partial charge in [-0.15, -0.1) is 0 Å². The van der Waals surface area contributed by atoms with Gasteiger partial charge >= 0.3 is 0 Å². The number of anilines is 1. The lowest BCUT2D eigenvalue weighted by Crippen LogP contribution is -2.25. The number of ether oxygens (including phenoxy) is 1. The molecule has 1 aliphatic rings. The van der Waals surface area contributed by atoms with Gasteiger partial charge in [0.2, 0.25) is 5.91 Å². The maximum absolute atomic E-state index is 13.0. The lowest BCUT2D eigenvalue weighted by atomic mass is 10.0. The van der Waals surface area contributed by atoms with Crippen LogP contribution < -0.4 is 9.64 Å². The van der Waals surface area contributed by atoms with E-state index in [1.54, 1.807) is 7.11 Å². The van der Waals surface area contributed by atoms with Gasteiger partial charge < -0.3 is 14.2 Å². The molecule has 3 aromatic carbocycles. The van der Waals surface area contributed by atoms with Crippen LogP contribution >= 0.6 is 0 Å². The maximum atomic E-state index is 13.0. The summed E-state index contributed by atoms with van der Waals surface area (Å²) in [6, 6.07) is 22.5. The summed E-state index contributed by atoms with van der Waals surface area (Å²) in [7, 11) is 1.64. The van der Waals surface area contributed by atoms with Crippen LogP contribution in [0.25, 0.3) is 11.0 Å². The summed E-state index contributed by atoms with van der Waals surface area (Å²) in [5, 5.41) is 0. The Hall–Kier alpha value is -3.60. The highest BCUT2D eigenvalue weighted by molar-refractivity contribution is 5.97. The number of rotatable bonds is 5. The predicted molar refractivity (Wildman–Crippen MR) is 127 cm³/mol. The molecule has 0 saturated carbocycles. The lowest BCUT2D eigenvalue weighted by molar-refractivity contribution is -0.117. The third-order valence-corrected chi connectivity index (χ3v) is 6.38. The second-order valence-corrected chi connectivity index (χ2v) is 8.55. The molecule has 2 heterocycles. The molecule has 4 aromatic rings. The zero-order chi connectivity index (χ0) is 22.2. The van der Waals surface area contributed by atoms with Crippen molar-refractivity contribution in [2.24, 2.45) is 0 Å². The molecule has 0 radical (unpaired) electrons. The highest BCUT2D eigenvalue weighted by atomic mass is 16.5. The average molecular weight is 426 g/mol. The van der Waals surface area contributed by atoms with Gasteiger partial charge in [0.25, 0.3) is 0 Å². The fourth-order valence-corrected chi connectivity index (χ4v) is 4.68. The number of imidazole rings is 1. The molecule has 0 spiro atoms. The second-order valence-electron chi connectivity index (χ2n) is 8.55. The van der Waals surface area contributed by atoms with Gasteiger partial charge in [0.15, 0.2) is 0 Å². The van der Waals surface area contributed by atoms with Crippen LogP contribution in [0.2, 0.25) is 0 Å². The van der Waals surface area contributed by atoms with Crippen molar-refractivity contribution in [3.05, 3.63) is 89.2 Å². The summed E-state index contributed by atoms with van der Waals surface area (Å²) in [4.78, 5) is 19.9. The monoisotopic (exact) mass is 425 g/mol. The molecule has 0 N–H and O–H groups in total. The van der Waals surface area contributed by atoms with E-state index in [0.717, 1.165) is 29.1 Å². The fourth-order valence-electron chi connectivity index (χ4n) is 4.68. The van der Waals surface area contributed by atoms with E-state index in [2.05, 4.69) is 42.7 Å². The number of benzene rings is 3. The Morgan fingerprint density at radius 1 is 1.03 bits per heavy atom. The van der Waals surface area contributed by atoms with E-state index >= 15 is 0 Å². The van der Waals surface area contributed by atoms with Crippen LogP contribution in [0.5, 0.6) is 5.75 Å². The third-order valence-electron chi connectivity index (χ3n) is 6.38. The zero-order valence-corrected chi connectivity index (χ0v) is 18.7. The molecular weight excluding hydrogens is 398 g/mol. The highest BCUT2D eigenvalue weighted by Gasteiger charge is 2.36. The molecule has 1 aromatic heterocycles.